The summed E-state index contributed by atoms with van der Waals surface area (Å²) in [5.41, 5.74) is 5.83. The fourth-order valence-corrected chi connectivity index (χ4v) is 1.57. The highest BCUT2D eigenvalue weighted by Gasteiger charge is 2.11. The standard InChI is InChI=1S/C13H11F3N2O/c1-19-13-6-8(15)12(5-9(13)16)18-11-3-2-7(14)4-10(11)17/h2-6,18H,17H2,1H3. The Balaban J connectivity index is 2.35. The normalized spacial score (nSPS) is 10.3. The molecule has 2 aromatic carbocycles. The van der Waals surface area contributed by atoms with Crippen LogP contribution in [0.15, 0.2) is 30.3 Å². The van der Waals surface area contributed by atoms with E-state index in [1.165, 1.54) is 13.2 Å². The first-order valence-electron chi connectivity index (χ1n) is 5.36. The first kappa shape index (κ1) is 13.1. The van der Waals surface area contributed by atoms with Gasteiger partial charge in [0.25, 0.3) is 0 Å². The van der Waals surface area contributed by atoms with Crippen molar-refractivity contribution in [2.24, 2.45) is 0 Å². The van der Waals surface area contributed by atoms with E-state index >= 15 is 0 Å². The van der Waals surface area contributed by atoms with Crippen LogP contribution in [0, 0.1) is 17.5 Å². The molecule has 100 valence electrons. The van der Waals surface area contributed by atoms with Crippen molar-refractivity contribution in [2.45, 2.75) is 0 Å². The Morgan fingerprint density at radius 2 is 1.74 bits per heavy atom. The van der Waals surface area contributed by atoms with Crippen LogP contribution in [0.5, 0.6) is 5.75 Å². The number of ether oxygens (including phenoxy) is 1. The molecule has 0 fully saturated rings. The summed E-state index contributed by atoms with van der Waals surface area (Å²) >= 11 is 0. The Hall–Kier alpha value is -2.37. The number of anilines is 3. The molecule has 0 radical (unpaired) electrons. The number of nitrogen functional groups attached to an aromatic ring is 1. The molecular weight excluding hydrogens is 257 g/mol. The van der Waals surface area contributed by atoms with Gasteiger partial charge in [-0.2, -0.15) is 0 Å². The van der Waals surface area contributed by atoms with Gasteiger partial charge in [0.05, 0.1) is 24.2 Å². The average molecular weight is 268 g/mol. The second kappa shape index (κ2) is 5.09. The molecule has 6 heteroatoms. The third-order valence-electron chi connectivity index (χ3n) is 2.52. The van der Waals surface area contributed by atoms with Gasteiger partial charge in [-0.05, 0) is 18.2 Å². The van der Waals surface area contributed by atoms with Gasteiger partial charge in [0.2, 0.25) is 0 Å². The van der Waals surface area contributed by atoms with Crippen molar-refractivity contribution in [2.75, 3.05) is 18.2 Å². The van der Waals surface area contributed by atoms with Crippen molar-refractivity contribution in [3.8, 4) is 5.75 Å². The highest BCUT2D eigenvalue weighted by atomic mass is 19.1. The van der Waals surface area contributed by atoms with Crippen LogP contribution in [0.3, 0.4) is 0 Å². The van der Waals surface area contributed by atoms with Crippen LogP contribution in [0.2, 0.25) is 0 Å². The molecule has 19 heavy (non-hydrogen) atoms. The Bertz CT molecular complexity index is 617. The van der Waals surface area contributed by atoms with Gasteiger partial charge >= 0.3 is 0 Å². The van der Waals surface area contributed by atoms with Crippen molar-refractivity contribution in [3.63, 3.8) is 0 Å². The molecule has 0 bridgehead atoms. The first-order valence-corrected chi connectivity index (χ1v) is 5.36. The number of rotatable bonds is 3. The summed E-state index contributed by atoms with van der Waals surface area (Å²) in [5.74, 6) is -2.13. The smallest absolute Gasteiger partial charge is 0.167 e. The number of hydrogen-bond donors (Lipinski definition) is 2. The second-order valence-corrected chi connectivity index (χ2v) is 3.82. The van der Waals surface area contributed by atoms with Gasteiger partial charge in [-0.1, -0.05) is 0 Å². The third-order valence-corrected chi connectivity index (χ3v) is 2.52. The summed E-state index contributed by atoms with van der Waals surface area (Å²) in [5, 5.41) is 2.60. The molecule has 0 aromatic heterocycles. The minimum atomic E-state index is -0.716. The lowest BCUT2D eigenvalue weighted by Gasteiger charge is -2.11. The third kappa shape index (κ3) is 2.73. The molecule has 0 spiro atoms. The van der Waals surface area contributed by atoms with Crippen LogP contribution in [0.4, 0.5) is 30.2 Å². The quantitative estimate of drug-likeness (QED) is 0.838. The summed E-state index contributed by atoms with van der Waals surface area (Å²) in [6, 6.07) is 5.44. The van der Waals surface area contributed by atoms with Gasteiger partial charge in [-0.3, -0.25) is 0 Å². The molecule has 0 heterocycles. The molecular formula is C13H11F3N2O. The highest BCUT2D eigenvalue weighted by molar-refractivity contribution is 5.73. The van der Waals surface area contributed by atoms with Crippen LogP contribution < -0.4 is 15.8 Å². The van der Waals surface area contributed by atoms with Crippen LogP contribution in [-0.4, -0.2) is 7.11 Å². The monoisotopic (exact) mass is 268 g/mol. The molecule has 0 atom stereocenters. The summed E-state index contributed by atoms with van der Waals surface area (Å²) in [6.07, 6.45) is 0. The molecule has 0 unspecified atom stereocenters. The Morgan fingerprint density at radius 3 is 2.37 bits per heavy atom. The van der Waals surface area contributed by atoms with E-state index in [2.05, 4.69) is 10.1 Å². The number of methoxy groups -OCH3 is 1. The zero-order chi connectivity index (χ0) is 14.0. The van der Waals surface area contributed by atoms with Crippen LogP contribution in [-0.2, 0) is 0 Å². The van der Waals surface area contributed by atoms with E-state index in [0.29, 0.717) is 0 Å². The lowest BCUT2D eigenvalue weighted by molar-refractivity contribution is 0.383. The average Bonchev–Trinajstić information content (AvgIpc) is 2.36. The second-order valence-electron chi connectivity index (χ2n) is 3.82. The molecule has 2 rings (SSSR count). The molecule has 0 aliphatic rings. The van der Waals surface area contributed by atoms with E-state index in [9.17, 15) is 13.2 Å². The zero-order valence-electron chi connectivity index (χ0n) is 10.0. The van der Waals surface area contributed by atoms with Crippen LogP contribution in [0.1, 0.15) is 0 Å². The van der Waals surface area contributed by atoms with E-state index in [1.807, 2.05) is 0 Å². The number of hydrogen-bond acceptors (Lipinski definition) is 3. The minimum absolute atomic E-state index is 0.0932. The van der Waals surface area contributed by atoms with E-state index in [4.69, 9.17) is 5.73 Å². The van der Waals surface area contributed by atoms with Gasteiger partial charge in [0.1, 0.15) is 5.82 Å². The first-order chi connectivity index (χ1) is 9.01. The maximum Gasteiger partial charge on any atom is 0.167 e. The summed E-state index contributed by atoms with van der Waals surface area (Å²) in [4.78, 5) is 0. The van der Waals surface area contributed by atoms with Crippen molar-refractivity contribution >= 4 is 17.1 Å². The summed E-state index contributed by atoms with van der Waals surface area (Å²) in [6.45, 7) is 0. The van der Waals surface area contributed by atoms with Gasteiger partial charge in [-0.15, -0.1) is 0 Å². The lowest BCUT2D eigenvalue weighted by atomic mass is 10.2. The summed E-state index contributed by atoms with van der Waals surface area (Å²) in [7, 11) is 1.24. The Morgan fingerprint density at radius 1 is 1.00 bits per heavy atom. The van der Waals surface area contributed by atoms with E-state index in [1.54, 1.807) is 0 Å². The topological polar surface area (TPSA) is 47.3 Å². The fraction of sp³-hybridized carbons (Fsp3) is 0.0769. The number of benzene rings is 2. The van der Waals surface area contributed by atoms with Crippen molar-refractivity contribution < 1.29 is 17.9 Å². The van der Waals surface area contributed by atoms with Gasteiger partial charge in [-0.25, -0.2) is 13.2 Å². The number of nitrogens with one attached hydrogen (secondary N) is 1. The van der Waals surface area contributed by atoms with E-state index in [-0.39, 0.29) is 22.8 Å². The van der Waals surface area contributed by atoms with Crippen molar-refractivity contribution in [1.82, 2.24) is 0 Å². The minimum Gasteiger partial charge on any atom is -0.494 e. The molecule has 0 aliphatic carbocycles. The lowest BCUT2D eigenvalue weighted by Crippen LogP contribution is -2.00. The largest absolute Gasteiger partial charge is 0.494 e. The Labute approximate surface area is 107 Å². The van der Waals surface area contributed by atoms with Gasteiger partial charge in [0, 0.05) is 12.1 Å². The zero-order valence-corrected chi connectivity index (χ0v) is 10.0. The van der Waals surface area contributed by atoms with Gasteiger partial charge < -0.3 is 15.8 Å². The van der Waals surface area contributed by atoms with E-state index in [0.717, 1.165) is 24.3 Å². The number of halogens is 3. The fourth-order valence-electron chi connectivity index (χ4n) is 1.57. The predicted molar refractivity (Wildman–Crippen MR) is 67.0 cm³/mol. The highest BCUT2D eigenvalue weighted by Crippen LogP contribution is 2.29. The van der Waals surface area contributed by atoms with E-state index < -0.39 is 17.5 Å². The SMILES string of the molecule is COc1cc(F)c(Nc2ccc(F)cc2N)cc1F. The molecule has 3 nitrogen and oxygen atoms in total. The van der Waals surface area contributed by atoms with Crippen molar-refractivity contribution in [3.05, 3.63) is 47.8 Å². The van der Waals surface area contributed by atoms with Crippen LogP contribution in [0.25, 0.3) is 0 Å². The molecule has 0 saturated carbocycles. The summed E-state index contributed by atoms with van der Waals surface area (Å²) < 4.78 is 44.7. The molecule has 3 N–H and O–H groups in total. The van der Waals surface area contributed by atoms with Crippen molar-refractivity contribution in [1.29, 1.82) is 0 Å². The molecule has 0 saturated heterocycles. The predicted octanol–water partition coefficient (Wildman–Crippen LogP) is 3.44. The van der Waals surface area contributed by atoms with Crippen LogP contribution >= 0.6 is 0 Å². The van der Waals surface area contributed by atoms with Gasteiger partial charge in [0.15, 0.2) is 17.4 Å². The maximum absolute atomic E-state index is 13.7. The Kier molecular flexibility index (Phi) is 3.50. The maximum atomic E-state index is 13.7. The molecule has 2 aromatic rings. The molecule has 0 amide bonds. The number of nitrogens with two attached hydrogens (primary N) is 1. The molecule has 0 aliphatic heterocycles.